The molecule has 1 unspecified atom stereocenters. The maximum atomic E-state index is 13.2. The number of hydrogen-bond donors (Lipinski definition) is 1. The molecule has 4 aromatic rings. The fourth-order valence-corrected chi connectivity index (χ4v) is 4.57. The highest BCUT2D eigenvalue weighted by Crippen LogP contribution is 2.34. The lowest BCUT2D eigenvalue weighted by molar-refractivity contribution is -0.134. The van der Waals surface area contributed by atoms with Crippen LogP contribution in [0.15, 0.2) is 89.5 Å². The van der Waals surface area contributed by atoms with Crippen LogP contribution in [0, 0.1) is 0 Å². The van der Waals surface area contributed by atoms with Crippen molar-refractivity contribution in [2.75, 3.05) is 5.32 Å². The quantitative estimate of drug-likeness (QED) is 0.424. The fourth-order valence-electron chi connectivity index (χ4n) is 4.02. The normalized spacial score (nSPS) is 15.5. The van der Waals surface area contributed by atoms with Crippen LogP contribution < -0.4 is 5.32 Å². The second-order valence-electron chi connectivity index (χ2n) is 7.86. The van der Waals surface area contributed by atoms with E-state index in [0.29, 0.717) is 11.6 Å². The average molecular weight is 455 g/mol. The highest BCUT2D eigenvalue weighted by atomic mass is 32.1. The fraction of sp³-hybridized carbons (Fsp3) is 0.154. The molecule has 0 bridgehead atoms. The third-order valence-electron chi connectivity index (χ3n) is 5.68. The summed E-state index contributed by atoms with van der Waals surface area (Å²) in [5, 5.41) is 13.6. The van der Waals surface area contributed by atoms with Gasteiger partial charge in [0.05, 0.1) is 11.8 Å². The average Bonchev–Trinajstić information content (AvgIpc) is 3.53. The Morgan fingerprint density at radius 2 is 1.76 bits per heavy atom. The van der Waals surface area contributed by atoms with E-state index in [1.165, 1.54) is 16.7 Å². The van der Waals surface area contributed by atoms with Crippen molar-refractivity contribution in [1.29, 1.82) is 0 Å². The van der Waals surface area contributed by atoms with E-state index in [2.05, 4.69) is 40.6 Å². The summed E-state index contributed by atoms with van der Waals surface area (Å²) < 4.78 is 0. The summed E-state index contributed by atoms with van der Waals surface area (Å²) in [5.74, 6) is -0.401. The molecule has 1 aliphatic rings. The van der Waals surface area contributed by atoms with E-state index >= 15 is 0 Å². The SMILES string of the molecule is O=C(CCC(=O)N1N=C(c2ccc3ccccc3c2)CC1c1ccccc1)Nc1nccs1. The molecule has 3 aromatic carbocycles. The summed E-state index contributed by atoms with van der Waals surface area (Å²) >= 11 is 1.35. The van der Waals surface area contributed by atoms with Crippen molar-refractivity contribution in [3.8, 4) is 0 Å². The van der Waals surface area contributed by atoms with E-state index in [1.54, 1.807) is 16.6 Å². The number of fused-ring (bicyclic) bond motifs is 1. The van der Waals surface area contributed by atoms with Crippen LogP contribution in [0.25, 0.3) is 10.8 Å². The van der Waals surface area contributed by atoms with Gasteiger partial charge in [-0.15, -0.1) is 11.3 Å². The predicted molar refractivity (Wildman–Crippen MR) is 131 cm³/mol. The van der Waals surface area contributed by atoms with Gasteiger partial charge in [0.15, 0.2) is 5.13 Å². The molecule has 6 nitrogen and oxygen atoms in total. The maximum Gasteiger partial charge on any atom is 0.243 e. The number of aromatic nitrogens is 1. The van der Waals surface area contributed by atoms with Gasteiger partial charge in [0, 0.05) is 30.8 Å². The van der Waals surface area contributed by atoms with Gasteiger partial charge in [-0.3, -0.25) is 9.59 Å². The number of hydrogen-bond acceptors (Lipinski definition) is 5. The Kier molecular flexibility index (Phi) is 5.95. The molecule has 1 N–H and O–H groups in total. The molecule has 164 valence electrons. The Hall–Kier alpha value is -3.84. The number of thiazole rings is 1. The Balaban J connectivity index is 1.37. The Morgan fingerprint density at radius 3 is 2.55 bits per heavy atom. The molecular weight excluding hydrogens is 432 g/mol. The number of nitrogens with zero attached hydrogens (tertiary/aromatic N) is 3. The van der Waals surface area contributed by atoms with Crippen molar-refractivity contribution in [3.63, 3.8) is 0 Å². The summed E-state index contributed by atoms with van der Waals surface area (Å²) in [5.41, 5.74) is 2.90. The van der Waals surface area contributed by atoms with Gasteiger partial charge < -0.3 is 5.32 Å². The van der Waals surface area contributed by atoms with E-state index in [9.17, 15) is 9.59 Å². The zero-order valence-electron chi connectivity index (χ0n) is 17.8. The molecule has 2 amide bonds. The summed E-state index contributed by atoms with van der Waals surface area (Å²) in [6.45, 7) is 0. The molecule has 0 radical (unpaired) electrons. The molecule has 0 saturated carbocycles. The summed E-state index contributed by atoms with van der Waals surface area (Å²) in [4.78, 5) is 29.4. The number of hydrazone groups is 1. The first-order valence-electron chi connectivity index (χ1n) is 10.8. The van der Waals surface area contributed by atoms with Gasteiger partial charge in [0.25, 0.3) is 0 Å². The van der Waals surface area contributed by atoms with Crippen molar-refractivity contribution < 1.29 is 9.59 Å². The second-order valence-corrected chi connectivity index (χ2v) is 8.76. The number of anilines is 1. The van der Waals surface area contributed by atoms with Crippen LogP contribution in [0.5, 0.6) is 0 Å². The van der Waals surface area contributed by atoms with Gasteiger partial charge in [-0.05, 0) is 28.0 Å². The Labute approximate surface area is 195 Å². The van der Waals surface area contributed by atoms with Crippen LogP contribution in [-0.2, 0) is 9.59 Å². The minimum absolute atomic E-state index is 0.0784. The van der Waals surface area contributed by atoms with Crippen LogP contribution in [0.2, 0.25) is 0 Å². The van der Waals surface area contributed by atoms with E-state index in [4.69, 9.17) is 5.10 Å². The van der Waals surface area contributed by atoms with Gasteiger partial charge in [-0.1, -0.05) is 66.7 Å². The van der Waals surface area contributed by atoms with E-state index in [-0.39, 0.29) is 30.7 Å². The Morgan fingerprint density at radius 1 is 0.970 bits per heavy atom. The van der Waals surface area contributed by atoms with Crippen molar-refractivity contribution >= 4 is 44.8 Å². The number of carbonyl (C=O) groups is 2. The zero-order valence-corrected chi connectivity index (χ0v) is 18.7. The first-order valence-corrected chi connectivity index (χ1v) is 11.7. The van der Waals surface area contributed by atoms with Crippen molar-refractivity contribution in [2.24, 2.45) is 5.10 Å². The van der Waals surface area contributed by atoms with Crippen molar-refractivity contribution in [2.45, 2.75) is 25.3 Å². The monoisotopic (exact) mass is 454 g/mol. The lowest BCUT2D eigenvalue weighted by Gasteiger charge is -2.22. The molecule has 5 rings (SSSR count). The highest BCUT2D eigenvalue weighted by molar-refractivity contribution is 7.13. The first-order chi connectivity index (χ1) is 16.2. The third kappa shape index (κ3) is 4.68. The molecule has 7 heteroatoms. The summed E-state index contributed by atoms with van der Waals surface area (Å²) in [6, 6.07) is 24.2. The third-order valence-corrected chi connectivity index (χ3v) is 6.37. The van der Waals surface area contributed by atoms with Gasteiger partial charge in [-0.2, -0.15) is 5.10 Å². The van der Waals surface area contributed by atoms with Crippen LogP contribution in [0.3, 0.4) is 0 Å². The lowest BCUT2D eigenvalue weighted by atomic mass is 9.97. The molecule has 2 heterocycles. The number of rotatable bonds is 6. The molecule has 1 aromatic heterocycles. The lowest BCUT2D eigenvalue weighted by Crippen LogP contribution is -2.28. The molecule has 1 aliphatic heterocycles. The van der Waals surface area contributed by atoms with Gasteiger partial charge in [0.1, 0.15) is 0 Å². The molecule has 33 heavy (non-hydrogen) atoms. The molecular formula is C26H22N4O2S. The van der Waals surface area contributed by atoms with Crippen LogP contribution in [-0.4, -0.2) is 27.5 Å². The molecule has 0 fully saturated rings. The number of benzene rings is 3. The first kappa shape index (κ1) is 21.0. The summed E-state index contributed by atoms with van der Waals surface area (Å²) in [7, 11) is 0. The standard InChI is InChI=1S/C26H22N4O2S/c31-24(28-26-27-14-15-33-26)12-13-25(32)30-23(19-7-2-1-3-8-19)17-22(29-30)21-11-10-18-6-4-5-9-20(18)16-21/h1-11,14-16,23H,12-13,17H2,(H,27,28,31). The zero-order chi connectivity index (χ0) is 22.6. The largest absolute Gasteiger partial charge is 0.302 e. The number of carbonyl (C=O) groups excluding carboxylic acids is 2. The van der Waals surface area contributed by atoms with Crippen LogP contribution >= 0.6 is 11.3 Å². The van der Waals surface area contributed by atoms with Crippen LogP contribution in [0.4, 0.5) is 5.13 Å². The van der Waals surface area contributed by atoms with E-state index in [0.717, 1.165) is 22.2 Å². The van der Waals surface area contributed by atoms with Crippen molar-refractivity contribution in [1.82, 2.24) is 9.99 Å². The second kappa shape index (κ2) is 9.34. The van der Waals surface area contributed by atoms with E-state index < -0.39 is 0 Å². The number of nitrogens with one attached hydrogen (secondary N) is 1. The predicted octanol–water partition coefficient (Wildman–Crippen LogP) is 5.39. The van der Waals surface area contributed by atoms with Crippen molar-refractivity contribution in [3.05, 3.63) is 95.5 Å². The van der Waals surface area contributed by atoms with Gasteiger partial charge in [-0.25, -0.2) is 9.99 Å². The molecule has 0 saturated heterocycles. The molecule has 1 atom stereocenters. The minimum atomic E-state index is -0.229. The Bertz CT molecular complexity index is 1320. The smallest absolute Gasteiger partial charge is 0.243 e. The minimum Gasteiger partial charge on any atom is -0.302 e. The maximum absolute atomic E-state index is 13.2. The topological polar surface area (TPSA) is 74.7 Å². The highest BCUT2D eigenvalue weighted by Gasteiger charge is 2.33. The molecule has 0 spiro atoms. The number of amides is 2. The molecule has 0 aliphatic carbocycles. The summed E-state index contributed by atoms with van der Waals surface area (Å²) in [6.07, 6.45) is 2.41. The van der Waals surface area contributed by atoms with Gasteiger partial charge in [0.2, 0.25) is 11.8 Å². The van der Waals surface area contributed by atoms with Gasteiger partial charge >= 0.3 is 0 Å². The van der Waals surface area contributed by atoms with Crippen LogP contribution in [0.1, 0.15) is 36.4 Å². The van der Waals surface area contributed by atoms with E-state index in [1.807, 2.05) is 42.5 Å².